The third-order valence-electron chi connectivity index (χ3n) is 4.68. The maximum absolute atomic E-state index is 13.2. The van der Waals surface area contributed by atoms with Crippen LogP contribution >= 0.6 is 0 Å². The molecule has 0 aromatic heterocycles. The summed E-state index contributed by atoms with van der Waals surface area (Å²) in [5.74, 6) is -0.544. The van der Waals surface area contributed by atoms with Crippen LogP contribution in [-0.2, 0) is 9.53 Å². The van der Waals surface area contributed by atoms with Crippen molar-refractivity contribution in [3.63, 3.8) is 0 Å². The van der Waals surface area contributed by atoms with Gasteiger partial charge in [0, 0.05) is 24.2 Å². The Morgan fingerprint density at radius 1 is 1.11 bits per heavy atom. The van der Waals surface area contributed by atoms with Crippen LogP contribution in [0.4, 0.5) is 5.69 Å². The van der Waals surface area contributed by atoms with Crippen LogP contribution in [0.1, 0.15) is 46.0 Å². The number of hydrogen-bond donors (Lipinski definition) is 0. The van der Waals surface area contributed by atoms with E-state index in [0.717, 1.165) is 12.0 Å². The Hall–Kier alpha value is -3.15. The van der Waals surface area contributed by atoms with Crippen molar-refractivity contribution in [3.8, 4) is 0 Å². The van der Waals surface area contributed by atoms with Crippen molar-refractivity contribution in [2.45, 2.75) is 26.7 Å². The predicted octanol–water partition coefficient (Wildman–Crippen LogP) is 3.40. The Balaban J connectivity index is 1.90. The van der Waals surface area contributed by atoms with E-state index in [4.69, 9.17) is 4.74 Å². The lowest BCUT2D eigenvalue weighted by atomic mass is 10.1. The molecule has 0 saturated carbocycles. The molecule has 6 heteroatoms. The third kappa shape index (κ3) is 4.39. The fourth-order valence-corrected chi connectivity index (χ4v) is 3.21. The number of ether oxygens (including phenoxy) is 1. The Morgan fingerprint density at radius 2 is 1.86 bits per heavy atom. The van der Waals surface area contributed by atoms with Crippen molar-refractivity contribution >= 4 is 23.5 Å². The summed E-state index contributed by atoms with van der Waals surface area (Å²) in [7, 11) is 0. The number of rotatable bonds is 6. The molecule has 6 nitrogen and oxygen atoms in total. The molecule has 1 aliphatic heterocycles. The first kappa shape index (κ1) is 19.6. The van der Waals surface area contributed by atoms with Gasteiger partial charge in [0.05, 0.1) is 12.2 Å². The number of amides is 2. The molecule has 2 amide bonds. The van der Waals surface area contributed by atoms with Crippen LogP contribution in [-0.4, -0.2) is 42.5 Å². The maximum Gasteiger partial charge on any atom is 0.338 e. The van der Waals surface area contributed by atoms with E-state index in [1.165, 1.54) is 0 Å². The van der Waals surface area contributed by atoms with Gasteiger partial charge in [-0.2, -0.15) is 0 Å². The fourth-order valence-electron chi connectivity index (χ4n) is 3.21. The van der Waals surface area contributed by atoms with E-state index in [0.29, 0.717) is 36.4 Å². The molecule has 1 aliphatic rings. The number of carbonyl (C=O) groups excluding carboxylic acids is 3. The predicted molar refractivity (Wildman–Crippen MR) is 106 cm³/mol. The monoisotopic (exact) mass is 380 g/mol. The van der Waals surface area contributed by atoms with Crippen molar-refractivity contribution in [1.82, 2.24) is 4.90 Å². The second kappa shape index (κ2) is 8.69. The molecule has 3 rings (SSSR count). The van der Waals surface area contributed by atoms with Gasteiger partial charge in [-0.05, 0) is 56.7 Å². The first-order valence-corrected chi connectivity index (χ1v) is 9.43. The van der Waals surface area contributed by atoms with Crippen LogP contribution in [0.25, 0.3) is 0 Å². The van der Waals surface area contributed by atoms with Crippen LogP contribution in [0, 0.1) is 6.92 Å². The zero-order valence-electron chi connectivity index (χ0n) is 16.2. The molecule has 0 aliphatic carbocycles. The topological polar surface area (TPSA) is 66.9 Å². The molecule has 28 heavy (non-hydrogen) atoms. The first-order valence-electron chi connectivity index (χ1n) is 9.43. The van der Waals surface area contributed by atoms with Gasteiger partial charge in [-0.3, -0.25) is 14.5 Å². The van der Waals surface area contributed by atoms with Gasteiger partial charge in [-0.25, -0.2) is 4.79 Å². The van der Waals surface area contributed by atoms with Crippen LogP contribution in [0.2, 0.25) is 0 Å². The van der Waals surface area contributed by atoms with E-state index < -0.39 is 5.97 Å². The smallest absolute Gasteiger partial charge is 0.338 e. The van der Waals surface area contributed by atoms with Gasteiger partial charge in [0.1, 0.15) is 6.67 Å². The van der Waals surface area contributed by atoms with Crippen LogP contribution in [0.15, 0.2) is 48.5 Å². The van der Waals surface area contributed by atoms with Gasteiger partial charge < -0.3 is 9.64 Å². The lowest BCUT2D eigenvalue weighted by molar-refractivity contribution is -0.127. The van der Waals surface area contributed by atoms with E-state index in [2.05, 4.69) is 0 Å². The molecule has 0 unspecified atom stereocenters. The first-order chi connectivity index (χ1) is 13.5. The highest BCUT2D eigenvalue weighted by Crippen LogP contribution is 2.22. The number of esters is 1. The lowest BCUT2D eigenvalue weighted by Gasteiger charge is -2.28. The molecule has 1 saturated heterocycles. The average molecular weight is 380 g/mol. The minimum atomic E-state index is -0.402. The number of anilines is 1. The number of nitrogens with zero attached hydrogens (tertiary/aromatic N) is 2. The molecule has 1 heterocycles. The standard InChI is InChI=1S/C22H24N2O4/c1-3-28-22(27)17-9-11-19(12-10-17)24(15-23-13-5-8-20(23)25)21(26)18-7-4-6-16(2)14-18/h4,6-7,9-12,14H,3,5,8,13,15H2,1-2H3. The Bertz CT molecular complexity index is 876. The second-order valence-corrected chi connectivity index (χ2v) is 6.77. The molecule has 0 spiro atoms. The summed E-state index contributed by atoms with van der Waals surface area (Å²) in [6.45, 7) is 4.80. The lowest BCUT2D eigenvalue weighted by Crippen LogP contribution is -2.42. The van der Waals surface area contributed by atoms with E-state index >= 15 is 0 Å². The molecule has 146 valence electrons. The molecule has 0 bridgehead atoms. The van der Waals surface area contributed by atoms with Crippen molar-refractivity contribution in [3.05, 3.63) is 65.2 Å². The van der Waals surface area contributed by atoms with E-state index in [-0.39, 0.29) is 18.5 Å². The quantitative estimate of drug-likeness (QED) is 0.721. The largest absolute Gasteiger partial charge is 0.462 e. The average Bonchev–Trinajstić information content (AvgIpc) is 3.10. The summed E-state index contributed by atoms with van der Waals surface area (Å²) in [6.07, 6.45) is 1.31. The summed E-state index contributed by atoms with van der Waals surface area (Å²) in [6, 6.07) is 14.0. The molecule has 0 atom stereocenters. The highest BCUT2D eigenvalue weighted by Gasteiger charge is 2.26. The molecule has 1 fully saturated rings. The summed E-state index contributed by atoms with van der Waals surface area (Å²) < 4.78 is 5.01. The number of hydrogen-bond acceptors (Lipinski definition) is 4. The summed E-state index contributed by atoms with van der Waals surface area (Å²) in [5, 5.41) is 0. The van der Waals surface area contributed by atoms with Crippen molar-refractivity contribution in [2.24, 2.45) is 0 Å². The molecule has 0 radical (unpaired) electrons. The Morgan fingerprint density at radius 3 is 2.46 bits per heavy atom. The minimum Gasteiger partial charge on any atom is -0.462 e. The van der Waals surface area contributed by atoms with E-state index in [9.17, 15) is 14.4 Å². The maximum atomic E-state index is 13.2. The zero-order chi connectivity index (χ0) is 20.1. The molecule has 2 aromatic carbocycles. The summed E-state index contributed by atoms with van der Waals surface area (Å²) >= 11 is 0. The third-order valence-corrected chi connectivity index (χ3v) is 4.68. The van der Waals surface area contributed by atoms with Gasteiger partial charge in [0.25, 0.3) is 5.91 Å². The van der Waals surface area contributed by atoms with Gasteiger partial charge in [-0.15, -0.1) is 0 Å². The van der Waals surface area contributed by atoms with Crippen LogP contribution in [0.3, 0.4) is 0 Å². The SMILES string of the molecule is CCOC(=O)c1ccc(N(CN2CCCC2=O)C(=O)c2cccc(C)c2)cc1. The Kier molecular flexibility index (Phi) is 6.09. The number of aryl methyl sites for hydroxylation is 1. The van der Waals surface area contributed by atoms with Crippen molar-refractivity contribution in [1.29, 1.82) is 0 Å². The number of benzene rings is 2. The van der Waals surface area contributed by atoms with Crippen molar-refractivity contribution < 1.29 is 19.1 Å². The highest BCUT2D eigenvalue weighted by atomic mass is 16.5. The zero-order valence-corrected chi connectivity index (χ0v) is 16.2. The second-order valence-electron chi connectivity index (χ2n) is 6.77. The normalized spacial score (nSPS) is 13.5. The molecular weight excluding hydrogens is 356 g/mol. The van der Waals surface area contributed by atoms with Gasteiger partial charge in [0.15, 0.2) is 0 Å². The van der Waals surface area contributed by atoms with E-state index in [1.807, 2.05) is 25.1 Å². The number of likely N-dealkylation sites (tertiary alicyclic amines) is 1. The van der Waals surface area contributed by atoms with Gasteiger partial charge >= 0.3 is 5.97 Å². The van der Waals surface area contributed by atoms with Gasteiger partial charge in [0.2, 0.25) is 5.91 Å². The molecule has 0 N–H and O–H groups in total. The number of carbonyl (C=O) groups is 3. The van der Waals surface area contributed by atoms with Crippen LogP contribution in [0.5, 0.6) is 0 Å². The van der Waals surface area contributed by atoms with E-state index in [1.54, 1.807) is 47.1 Å². The highest BCUT2D eigenvalue weighted by molar-refractivity contribution is 6.06. The van der Waals surface area contributed by atoms with Gasteiger partial charge in [-0.1, -0.05) is 17.7 Å². The molecule has 2 aromatic rings. The van der Waals surface area contributed by atoms with Crippen LogP contribution < -0.4 is 4.90 Å². The summed E-state index contributed by atoms with van der Waals surface area (Å²) in [5.41, 5.74) is 2.59. The Labute approximate surface area is 164 Å². The molecular formula is C22H24N2O4. The summed E-state index contributed by atoms with van der Waals surface area (Å²) in [4.78, 5) is 40.5. The van der Waals surface area contributed by atoms with Crippen molar-refractivity contribution in [2.75, 3.05) is 24.7 Å². The minimum absolute atomic E-state index is 0.0465. The fraction of sp³-hybridized carbons (Fsp3) is 0.318.